The van der Waals surface area contributed by atoms with Crippen molar-refractivity contribution < 1.29 is 8.78 Å². The Kier molecular flexibility index (Phi) is 2.72. The molecule has 0 spiro atoms. The largest absolute Gasteiger partial charge is 0.312 e. The fourth-order valence-corrected chi connectivity index (χ4v) is 1.58. The molecule has 1 aliphatic rings. The number of rotatable bonds is 1. The van der Waals surface area contributed by atoms with Crippen molar-refractivity contribution >= 4 is 12.8 Å². The summed E-state index contributed by atoms with van der Waals surface area (Å²) < 4.78 is 27.3. The first-order valence-electron chi connectivity index (χ1n) is 3.55. The van der Waals surface area contributed by atoms with Crippen LogP contribution in [0, 0.1) is 0 Å². The van der Waals surface area contributed by atoms with Crippen molar-refractivity contribution in [2.24, 2.45) is 0 Å². The van der Waals surface area contributed by atoms with Gasteiger partial charge in [0.15, 0.2) is 0 Å². The smallest absolute Gasteiger partial charge is 0.276 e. The minimum atomic E-state index is -2.64. The minimum Gasteiger partial charge on any atom is -0.312 e. The van der Waals surface area contributed by atoms with E-state index in [0.717, 1.165) is 0 Å². The molecule has 0 aliphatic carbocycles. The van der Waals surface area contributed by atoms with Gasteiger partial charge in [-0.05, 0) is 13.5 Å². The number of alkyl halides is 2. The first-order chi connectivity index (χ1) is 5.06. The van der Waals surface area contributed by atoms with Crippen molar-refractivity contribution in [3.8, 4) is 0 Å². The van der Waals surface area contributed by atoms with Crippen molar-refractivity contribution in [2.45, 2.75) is 18.4 Å². The van der Waals surface area contributed by atoms with Crippen LogP contribution in [0.4, 0.5) is 8.78 Å². The molecule has 2 nitrogen and oxygen atoms in total. The Morgan fingerprint density at radius 1 is 1.64 bits per heavy atom. The van der Waals surface area contributed by atoms with Gasteiger partial charge in [-0.1, -0.05) is 12.8 Å². The van der Waals surface area contributed by atoms with Gasteiger partial charge in [0.05, 0.1) is 12.6 Å². The maximum Gasteiger partial charge on any atom is 0.276 e. The zero-order chi connectivity index (χ0) is 8.48. The van der Waals surface area contributed by atoms with E-state index in [-0.39, 0.29) is 6.54 Å². The molecule has 0 aromatic rings. The number of hydrogen-bond acceptors (Lipinski definition) is 3. The topological polar surface area (TPSA) is 15.3 Å². The third kappa shape index (κ3) is 2.04. The van der Waals surface area contributed by atoms with E-state index in [2.05, 4.69) is 18.1 Å². The Morgan fingerprint density at radius 2 is 2.27 bits per heavy atom. The second kappa shape index (κ2) is 3.25. The maximum absolute atomic E-state index is 13.0. The molecule has 1 saturated heterocycles. The Bertz CT molecular complexity index is 143. The lowest BCUT2D eigenvalue weighted by molar-refractivity contribution is -0.0673. The van der Waals surface area contributed by atoms with Crippen LogP contribution in [-0.4, -0.2) is 36.4 Å². The molecule has 5 heteroatoms. The molecule has 0 radical (unpaired) electrons. The summed E-state index contributed by atoms with van der Waals surface area (Å²) in [6, 6.07) is -0.689. The van der Waals surface area contributed by atoms with Gasteiger partial charge in [-0.15, -0.1) is 0 Å². The van der Waals surface area contributed by atoms with Gasteiger partial charge in [0, 0.05) is 6.54 Å². The first kappa shape index (κ1) is 9.22. The maximum atomic E-state index is 13.0. The number of nitrogens with one attached hydrogen (secondary N) is 1. The summed E-state index contributed by atoms with van der Waals surface area (Å²) in [5.74, 6) is -2.64. The highest BCUT2D eigenvalue weighted by Gasteiger charge is 2.42. The average molecular weight is 182 g/mol. The highest BCUT2D eigenvalue weighted by molar-refractivity contribution is 7.77. The molecular formula is C6H12F2N2S. The molecule has 0 unspecified atom stereocenters. The number of nitrogens with zero attached hydrogens (tertiary/aromatic N) is 1. The Hall–Kier alpha value is 0.130. The molecular weight excluding hydrogens is 170 g/mol. The molecule has 1 fully saturated rings. The molecule has 1 rings (SSSR count). The summed E-state index contributed by atoms with van der Waals surface area (Å²) >= 11 is 3.88. The van der Waals surface area contributed by atoms with Crippen LogP contribution < -0.4 is 5.32 Å². The monoisotopic (exact) mass is 182 g/mol. The second-order valence-electron chi connectivity index (χ2n) is 2.78. The summed E-state index contributed by atoms with van der Waals surface area (Å²) in [5.41, 5.74) is 0. The van der Waals surface area contributed by atoms with Gasteiger partial charge in [0.1, 0.15) is 0 Å². The normalized spacial score (nSPS) is 32.2. The van der Waals surface area contributed by atoms with Crippen LogP contribution in [0.3, 0.4) is 0 Å². The summed E-state index contributed by atoms with van der Waals surface area (Å²) in [7, 11) is 1.56. The van der Waals surface area contributed by atoms with Crippen LogP contribution in [0.15, 0.2) is 0 Å². The van der Waals surface area contributed by atoms with Gasteiger partial charge in [0.25, 0.3) is 5.92 Å². The number of thiol groups is 1. The molecule has 1 aliphatic heterocycles. The average Bonchev–Trinajstić information content (AvgIpc) is 1.85. The van der Waals surface area contributed by atoms with Crippen LogP contribution in [0.1, 0.15) is 6.42 Å². The fourth-order valence-electron chi connectivity index (χ4n) is 1.28. The minimum absolute atomic E-state index is 0.262. The van der Waals surface area contributed by atoms with E-state index >= 15 is 0 Å². The van der Waals surface area contributed by atoms with E-state index in [0.29, 0.717) is 13.0 Å². The van der Waals surface area contributed by atoms with Crippen molar-refractivity contribution in [1.29, 1.82) is 0 Å². The predicted molar refractivity (Wildman–Crippen MR) is 43.0 cm³/mol. The highest BCUT2D eigenvalue weighted by Crippen LogP contribution is 2.27. The summed E-state index contributed by atoms with van der Waals surface area (Å²) in [4.78, 5) is 0. The third-order valence-corrected chi connectivity index (χ3v) is 2.27. The lowest BCUT2D eigenvalue weighted by atomic mass is 10.0. The van der Waals surface area contributed by atoms with E-state index in [1.54, 1.807) is 7.05 Å². The van der Waals surface area contributed by atoms with Gasteiger partial charge in [-0.2, -0.15) is 0 Å². The SMILES string of the molecule is CN[C@H]1CCN(S)CC1(F)F. The van der Waals surface area contributed by atoms with Gasteiger partial charge in [0.2, 0.25) is 0 Å². The highest BCUT2D eigenvalue weighted by atomic mass is 32.1. The lowest BCUT2D eigenvalue weighted by Crippen LogP contribution is -2.54. The molecule has 1 N–H and O–H groups in total. The number of piperidine rings is 1. The van der Waals surface area contributed by atoms with Crippen molar-refractivity contribution in [3.63, 3.8) is 0 Å². The number of hydrogen-bond donors (Lipinski definition) is 2. The van der Waals surface area contributed by atoms with Crippen molar-refractivity contribution in [2.75, 3.05) is 20.1 Å². The van der Waals surface area contributed by atoms with Gasteiger partial charge in [-0.3, -0.25) is 0 Å². The Labute approximate surface area is 70.5 Å². The molecule has 0 saturated carbocycles. The third-order valence-electron chi connectivity index (χ3n) is 1.93. The number of halogens is 2. The van der Waals surface area contributed by atoms with Crippen LogP contribution in [0.25, 0.3) is 0 Å². The van der Waals surface area contributed by atoms with E-state index < -0.39 is 12.0 Å². The van der Waals surface area contributed by atoms with Crippen molar-refractivity contribution in [3.05, 3.63) is 0 Å². The van der Waals surface area contributed by atoms with Crippen LogP contribution >= 0.6 is 12.8 Å². The molecule has 1 atom stereocenters. The Balaban J connectivity index is 2.56. The fraction of sp³-hybridized carbons (Fsp3) is 1.00. The predicted octanol–water partition coefficient (Wildman–Crippen LogP) is 0.760. The zero-order valence-electron chi connectivity index (χ0n) is 6.35. The zero-order valence-corrected chi connectivity index (χ0v) is 7.24. The lowest BCUT2D eigenvalue weighted by Gasteiger charge is -2.35. The van der Waals surface area contributed by atoms with Crippen LogP contribution in [0.5, 0.6) is 0 Å². The van der Waals surface area contributed by atoms with Gasteiger partial charge < -0.3 is 5.32 Å². The Morgan fingerprint density at radius 3 is 2.73 bits per heavy atom. The first-order valence-corrected chi connectivity index (χ1v) is 3.95. The van der Waals surface area contributed by atoms with E-state index in [1.807, 2.05) is 0 Å². The molecule has 0 amide bonds. The molecule has 11 heavy (non-hydrogen) atoms. The van der Waals surface area contributed by atoms with Crippen LogP contribution in [-0.2, 0) is 0 Å². The molecule has 1 heterocycles. The molecule has 66 valence electrons. The van der Waals surface area contributed by atoms with E-state index in [4.69, 9.17) is 0 Å². The molecule has 0 aromatic carbocycles. The molecule has 0 bridgehead atoms. The summed E-state index contributed by atoms with van der Waals surface area (Å²) in [6.07, 6.45) is 0.451. The standard InChI is InChI=1S/C6H12F2N2S/c1-9-5-2-3-10(11)4-6(5,7)8/h5,9,11H,2-4H2,1H3/t5-/m0/s1. The van der Waals surface area contributed by atoms with E-state index in [9.17, 15) is 8.78 Å². The van der Waals surface area contributed by atoms with Crippen LogP contribution in [0.2, 0.25) is 0 Å². The summed E-state index contributed by atoms with van der Waals surface area (Å²) in [5, 5.41) is 2.60. The van der Waals surface area contributed by atoms with Gasteiger partial charge >= 0.3 is 0 Å². The van der Waals surface area contributed by atoms with E-state index in [1.165, 1.54) is 4.31 Å². The second-order valence-corrected chi connectivity index (χ2v) is 3.34. The van der Waals surface area contributed by atoms with Crippen molar-refractivity contribution in [1.82, 2.24) is 9.62 Å². The molecule has 0 aromatic heterocycles. The summed E-state index contributed by atoms with van der Waals surface area (Å²) in [6.45, 7) is 0.353. The quantitative estimate of drug-likeness (QED) is 0.582. The van der Waals surface area contributed by atoms with Gasteiger partial charge in [-0.25, -0.2) is 13.1 Å².